The first kappa shape index (κ1) is 9.83. The molecule has 0 radical (unpaired) electrons. The van der Waals surface area contributed by atoms with Gasteiger partial charge in [0.1, 0.15) is 0 Å². The van der Waals surface area contributed by atoms with Gasteiger partial charge in [-0.3, -0.25) is 0 Å². The van der Waals surface area contributed by atoms with Gasteiger partial charge in [0.2, 0.25) is 0 Å². The van der Waals surface area contributed by atoms with Gasteiger partial charge in [-0.1, -0.05) is 12.1 Å². The number of hydrogen-bond donors (Lipinski definition) is 2. The third kappa shape index (κ3) is 2.03. The molecular formula is C11H14N2O2. The van der Waals surface area contributed by atoms with Crippen LogP contribution in [0.5, 0.6) is 0 Å². The Bertz CT molecular complexity index is 361. The summed E-state index contributed by atoms with van der Waals surface area (Å²) in [5, 5.41) is 8.83. The molecule has 0 aromatic heterocycles. The Morgan fingerprint density at radius 2 is 2.13 bits per heavy atom. The second-order valence-corrected chi connectivity index (χ2v) is 3.86. The molecule has 1 heterocycles. The number of amides is 1. The molecule has 0 spiro atoms. The van der Waals surface area contributed by atoms with Gasteiger partial charge in [-0.2, -0.15) is 0 Å². The Balaban J connectivity index is 1.97. The Labute approximate surface area is 88.3 Å². The van der Waals surface area contributed by atoms with Crippen LogP contribution in [0.3, 0.4) is 0 Å². The van der Waals surface area contributed by atoms with Crippen molar-refractivity contribution in [2.45, 2.75) is 18.9 Å². The third-order valence-corrected chi connectivity index (χ3v) is 2.84. The molecule has 80 valence electrons. The fourth-order valence-electron chi connectivity index (χ4n) is 1.83. The molecule has 1 aliphatic rings. The van der Waals surface area contributed by atoms with Gasteiger partial charge in [0.25, 0.3) is 0 Å². The second-order valence-electron chi connectivity index (χ2n) is 3.86. The fourth-order valence-corrected chi connectivity index (χ4v) is 1.83. The molecule has 1 fully saturated rings. The molecule has 1 aromatic carbocycles. The van der Waals surface area contributed by atoms with E-state index in [9.17, 15) is 4.79 Å². The van der Waals surface area contributed by atoms with Gasteiger partial charge in [0, 0.05) is 18.3 Å². The molecule has 1 amide bonds. The van der Waals surface area contributed by atoms with E-state index in [1.807, 2.05) is 24.3 Å². The third-order valence-electron chi connectivity index (χ3n) is 2.84. The fraction of sp³-hybridized carbons (Fsp3) is 0.364. The van der Waals surface area contributed by atoms with Crippen LogP contribution in [0.25, 0.3) is 0 Å². The first-order chi connectivity index (χ1) is 7.16. The minimum atomic E-state index is -0.818. The van der Waals surface area contributed by atoms with Crippen LogP contribution < -0.4 is 5.73 Å². The molecule has 0 unspecified atom stereocenters. The Kier molecular flexibility index (Phi) is 2.49. The van der Waals surface area contributed by atoms with Gasteiger partial charge >= 0.3 is 6.09 Å². The molecule has 1 saturated heterocycles. The van der Waals surface area contributed by atoms with Crippen molar-refractivity contribution in [3.05, 3.63) is 29.8 Å². The zero-order valence-electron chi connectivity index (χ0n) is 8.39. The molecular weight excluding hydrogens is 192 g/mol. The highest BCUT2D eigenvalue weighted by Crippen LogP contribution is 2.21. The van der Waals surface area contributed by atoms with Gasteiger partial charge in [0.05, 0.1) is 0 Å². The topological polar surface area (TPSA) is 66.6 Å². The van der Waals surface area contributed by atoms with Crippen molar-refractivity contribution in [3.8, 4) is 0 Å². The molecule has 4 heteroatoms. The van der Waals surface area contributed by atoms with Crippen LogP contribution in [0, 0.1) is 0 Å². The maximum absolute atomic E-state index is 10.7. The van der Waals surface area contributed by atoms with Crippen molar-refractivity contribution >= 4 is 11.8 Å². The van der Waals surface area contributed by atoms with E-state index in [-0.39, 0.29) is 6.04 Å². The van der Waals surface area contributed by atoms with Gasteiger partial charge in [-0.05, 0) is 30.5 Å². The number of benzene rings is 1. The summed E-state index contributed by atoms with van der Waals surface area (Å²) in [4.78, 5) is 12.2. The lowest BCUT2D eigenvalue weighted by molar-refractivity contribution is 0.0757. The lowest BCUT2D eigenvalue weighted by atomic mass is 9.96. The van der Waals surface area contributed by atoms with Gasteiger partial charge in [0.15, 0.2) is 0 Å². The van der Waals surface area contributed by atoms with Crippen molar-refractivity contribution in [3.63, 3.8) is 0 Å². The highest BCUT2D eigenvalue weighted by molar-refractivity contribution is 5.66. The maximum Gasteiger partial charge on any atom is 0.407 e. The quantitative estimate of drug-likeness (QED) is 0.722. The number of nitrogen functional groups attached to an aromatic ring is 1. The average Bonchev–Trinajstić information content (AvgIpc) is 2.14. The molecule has 4 nitrogen and oxygen atoms in total. The van der Waals surface area contributed by atoms with Crippen LogP contribution in [0.1, 0.15) is 12.0 Å². The lowest BCUT2D eigenvalue weighted by Crippen LogP contribution is -2.51. The number of hydrogen-bond acceptors (Lipinski definition) is 2. The number of nitrogens with zero attached hydrogens (tertiary/aromatic N) is 1. The Morgan fingerprint density at radius 1 is 1.47 bits per heavy atom. The molecule has 0 aliphatic carbocycles. The maximum atomic E-state index is 10.7. The SMILES string of the molecule is Nc1ccc(C[C@H]2CCN2C(=O)O)cc1. The van der Waals surface area contributed by atoms with Gasteiger partial charge < -0.3 is 15.7 Å². The first-order valence-electron chi connectivity index (χ1n) is 5.01. The zero-order chi connectivity index (χ0) is 10.8. The van der Waals surface area contributed by atoms with Crippen molar-refractivity contribution < 1.29 is 9.90 Å². The standard InChI is InChI=1S/C11H14N2O2/c12-9-3-1-8(2-4-9)7-10-5-6-13(10)11(14)15/h1-4,10H,5-7,12H2,(H,14,15)/t10-/m1/s1. The van der Waals surface area contributed by atoms with E-state index < -0.39 is 6.09 Å². The average molecular weight is 206 g/mol. The normalized spacial score (nSPS) is 19.7. The van der Waals surface area contributed by atoms with Crippen molar-refractivity contribution in [2.75, 3.05) is 12.3 Å². The molecule has 0 saturated carbocycles. The number of carboxylic acid groups (broad SMARTS) is 1. The molecule has 2 rings (SSSR count). The predicted molar refractivity (Wildman–Crippen MR) is 57.7 cm³/mol. The summed E-state index contributed by atoms with van der Waals surface area (Å²) >= 11 is 0. The lowest BCUT2D eigenvalue weighted by Gasteiger charge is -2.38. The predicted octanol–water partition coefficient (Wildman–Crippen LogP) is 1.56. The Hall–Kier alpha value is -1.71. The number of carbonyl (C=O) groups is 1. The highest BCUT2D eigenvalue weighted by atomic mass is 16.4. The Morgan fingerprint density at radius 3 is 2.60 bits per heavy atom. The molecule has 0 bridgehead atoms. The van der Waals surface area contributed by atoms with Crippen molar-refractivity contribution in [1.82, 2.24) is 4.90 Å². The summed E-state index contributed by atoms with van der Waals surface area (Å²) in [5.41, 5.74) is 7.45. The van der Waals surface area contributed by atoms with E-state index >= 15 is 0 Å². The summed E-state index contributed by atoms with van der Waals surface area (Å²) in [6.07, 6.45) is 0.921. The monoisotopic (exact) mass is 206 g/mol. The number of anilines is 1. The number of likely N-dealkylation sites (tertiary alicyclic amines) is 1. The zero-order valence-corrected chi connectivity index (χ0v) is 8.39. The summed E-state index contributed by atoms with van der Waals surface area (Å²) in [7, 11) is 0. The van der Waals surface area contributed by atoms with Crippen LogP contribution in [-0.2, 0) is 6.42 Å². The summed E-state index contributed by atoms with van der Waals surface area (Å²) in [6, 6.07) is 7.74. The second kappa shape index (κ2) is 3.81. The van der Waals surface area contributed by atoms with E-state index in [4.69, 9.17) is 10.8 Å². The van der Waals surface area contributed by atoms with E-state index in [0.717, 1.165) is 24.1 Å². The first-order valence-corrected chi connectivity index (χ1v) is 5.01. The van der Waals surface area contributed by atoms with E-state index in [2.05, 4.69) is 0 Å². The summed E-state index contributed by atoms with van der Waals surface area (Å²) < 4.78 is 0. The summed E-state index contributed by atoms with van der Waals surface area (Å²) in [6.45, 7) is 0.662. The van der Waals surface area contributed by atoms with Gasteiger partial charge in [-0.15, -0.1) is 0 Å². The van der Waals surface area contributed by atoms with Crippen molar-refractivity contribution in [1.29, 1.82) is 0 Å². The largest absolute Gasteiger partial charge is 0.465 e. The van der Waals surface area contributed by atoms with Crippen molar-refractivity contribution in [2.24, 2.45) is 0 Å². The number of rotatable bonds is 2. The van der Waals surface area contributed by atoms with E-state index in [1.54, 1.807) is 0 Å². The molecule has 1 atom stereocenters. The van der Waals surface area contributed by atoms with Crippen LogP contribution in [0.4, 0.5) is 10.5 Å². The number of nitrogens with two attached hydrogens (primary N) is 1. The van der Waals surface area contributed by atoms with E-state index in [0.29, 0.717) is 6.54 Å². The smallest absolute Gasteiger partial charge is 0.407 e. The molecule has 1 aromatic rings. The van der Waals surface area contributed by atoms with Crippen LogP contribution >= 0.6 is 0 Å². The minimum absolute atomic E-state index is 0.145. The molecule has 3 N–H and O–H groups in total. The van der Waals surface area contributed by atoms with Crippen LogP contribution in [-0.4, -0.2) is 28.7 Å². The van der Waals surface area contributed by atoms with E-state index in [1.165, 1.54) is 4.90 Å². The van der Waals surface area contributed by atoms with Gasteiger partial charge in [-0.25, -0.2) is 4.79 Å². The minimum Gasteiger partial charge on any atom is -0.465 e. The van der Waals surface area contributed by atoms with Crippen LogP contribution in [0.2, 0.25) is 0 Å². The summed E-state index contributed by atoms with van der Waals surface area (Å²) in [5.74, 6) is 0. The van der Waals surface area contributed by atoms with Crippen LogP contribution in [0.15, 0.2) is 24.3 Å². The molecule has 15 heavy (non-hydrogen) atoms. The molecule has 1 aliphatic heterocycles. The highest BCUT2D eigenvalue weighted by Gasteiger charge is 2.31.